The third kappa shape index (κ3) is 2.77. The fourth-order valence-corrected chi connectivity index (χ4v) is 2.40. The molecule has 1 N–H and O–H groups in total. The van der Waals surface area contributed by atoms with Crippen LogP contribution in [0.5, 0.6) is 11.5 Å². The van der Waals surface area contributed by atoms with Gasteiger partial charge in [0.15, 0.2) is 11.5 Å². The van der Waals surface area contributed by atoms with Crippen LogP contribution in [-0.2, 0) is 4.79 Å². The summed E-state index contributed by atoms with van der Waals surface area (Å²) in [4.78, 5) is 15.5. The average molecular weight is 275 g/mol. The van der Waals surface area contributed by atoms with Gasteiger partial charge in [-0.3, -0.25) is 4.79 Å². The maximum Gasteiger partial charge on any atom is 0.246 e. The summed E-state index contributed by atoms with van der Waals surface area (Å²) >= 11 is 0. The number of carbonyl (C=O) groups excluding carboxylic acids is 1. The Balaban J connectivity index is 1.63. The van der Waals surface area contributed by atoms with E-state index >= 15 is 0 Å². The van der Waals surface area contributed by atoms with Crippen molar-refractivity contribution >= 4 is 12.0 Å². The molecule has 106 valence electrons. The Kier molecular flexibility index (Phi) is 3.60. The molecule has 1 amide bonds. The predicted molar refractivity (Wildman–Crippen MR) is 74.8 cm³/mol. The number of hydrogen-bond acceptors (Lipinski definition) is 3. The number of fused-ring (bicyclic) bond motifs is 1. The second kappa shape index (κ2) is 5.54. The van der Waals surface area contributed by atoms with E-state index in [9.17, 15) is 4.79 Å². The normalized spacial score (nSPS) is 18.8. The van der Waals surface area contributed by atoms with Crippen molar-refractivity contribution in [2.45, 2.75) is 0 Å². The molecule has 1 aromatic rings. The Hall–Kier alpha value is -2.01. The molecule has 5 nitrogen and oxygen atoms in total. The van der Waals surface area contributed by atoms with Gasteiger partial charge < -0.3 is 19.3 Å². The summed E-state index contributed by atoms with van der Waals surface area (Å²) in [6, 6.07) is 5.68. The van der Waals surface area contributed by atoms with Gasteiger partial charge in [-0.25, -0.2) is 0 Å². The summed E-state index contributed by atoms with van der Waals surface area (Å²) in [6.07, 6.45) is 3.47. The van der Waals surface area contributed by atoms with Gasteiger partial charge in [0.05, 0.1) is 33.2 Å². The van der Waals surface area contributed by atoms with Gasteiger partial charge in [0.25, 0.3) is 0 Å². The quantitative estimate of drug-likeness (QED) is 0.759. The molecule has 0 radical (unpaired) electrons. The highest BCUT2D eigenvalue weighted by Crippen LogP contribution is 2.32. The zero-order valence-electron chi connectivity index (χ0n) is 11.6. The highest BCUT2D eigenvalue weighted by Gasteiger charge is 2.19. The molecule has 1 aromatic carbocycles. The fraction of sp³-hybridized carbons (Fsp3) is 0.400. The van der Waals surface area contributed by atoms with Crippen molar-refractivity contribution in [2.24, 2.45) is 0 Å². The zero-order valence-corrected chi connectivity index (χ0v) is 11.6. The highest BCUT2D eigenvalue weighted by atomic mass is 16.7. The molecular formula is C15H19N2O3+. The van der Waals surface area contributed by atoms with Crippen molar-refractivity contribution in [1.82, 2.24) is 4.90 Å². The van der Waals surface area contributed by atoms with E-state index in [-0.39, 0.29) is 12.7 Å². The third-order valence-electron chi connectivity index (χ3n) is 3.74. The van der Waals surface area contributed by atoms with Gasteiger partial charge in [0, 0.05) is 6.08 Å². The number of nitrogens with one attached hydrogen (secondary N) is 1. The smallest absolute Gasteiger partial charge is 0.246 e. The van der Waals surface area contributed by atoms with Crippen LogP contribution in [0, 0.1) is 0 Å². The molecule has 1 saturated heterocycles. The van der Waals surface area contributed by atoms with Crippen molar-refractivity contribution in [3.8, 4) is 11.5 Å². The summed E-state index contributed by atoms with van der Waals surface area (Å²) in [7, 11) is 2.16. The first-order valence-corrected chi connectivity index (χ1v) is 6.90. The number of piperazine rings is 1. The third-order valence-corrected chi connectivity index (χ3v) is 3.74. The van der Waals surface area contributed by atoms with Crippen LogP contribution in [-0.4, -0.2) is 50.8 Å². The number of amides is 1. The fourth-order valence-electron chi connectivity index (χ4n) is 2.40. The monoisotopic (exact) mass is 275 g/mol. The van der Waals surface area contributed by atoms with Gasteiger partial charge in [-0.15, -0.1) is 0 Å². The van der Waals surface area contributed by atoms with Crippen LogP contribution in [0.2, 0.25) is 0 Å². The number of hydrogen-bond donors (Lipinski definition) is 1. The largest absolute Gasteiger partial charge is 0.454 e. The zero-order chi connectivity index (χ0) is 13.9. The van der Waals surface area contributed by atoms with Crippen LogP contribution in [0.3, 0.4) is 0 Å². The summed E-state index contributed by atoms with van der Waals surface area (Å²) in [5.74, 6) is 1.58. The SMILES string of the molecule is C[NH+]1CCN(C(=O)C=Cc2ccc3c(c2)OCO3)CC1. The maximum absolute atomic E-state index is 12.1. The Labute approximate surface area is 118 Å². The van der Waals surface area contributed by atoms with Gasteiger partial charge in [-0.05, 0) is 23.8 Å². The number of quaternary nitrogens is 1. The Bertz CT molecular complexity index is 534. The molecule has 0 saturated carbocycles. The van der Waals surface area contributed by atoms with Gasteiger partial charge in [-0.2, -0.15) is 0 Å². The summed E-state index contributed by atoms with van der Waals surface area (Å²) in [5, 5.41) is 0. The van der Waals surface area contributed by atoms with E-state index in [1.165, 1.54) is 4.90 Å². The second-order valence-corrected chi connectivity index (χ2v) is 5.23. The van der Waals surface area contributed by atoms with Crippen molar-refractivity contribution in [3.63, 3.8) is 0 Å². The van der Waals surface area contributed by atoms with Gasteiger partial charge in [0.2, 0.25) is 12.7 Å². The molecule has 2 aliphatic rings. The van der Waals surface area contributed by atoms with Gasteiger partial charge >= 0.3 is 0 Å². The van der Waals surface area contributed by atoms with Crippen LogP contribution in [0.15, 0.2) is 24.3 Å². The highest BCUT2D eigenvalue weighted by molar-refractivity contribution is 5.91. The molecule has 0 aliphatic carbocycles. The van der Waals surface area contributed by atoms with E-state index in [1.807, 2.05) is 29.2 Å². The van der Waals surface area contributed by atoms with Crippen molar-refractivity contribution in [2.75, 3.05) is 40.0 Å². The molecule has 5 heteroatoms. The molecular weight excluding hydrogens is 256 g/mol. The lowest BCUT2D eigenvalue weighted by Gasteiger charge is -2.29. The first kappa shape index (κ1) is 13.0. The maximum atomic E-state index is 12.1. The lowest BCUT2D eigenvalue weighted by molar-refractivity contribution is -0.883. The molecule has 20 heavy (non-hydrogen) atoms. The topological polar surface area (TPSA) is 43.2 Å². The number of ether oxygens (including phenoxy) is 2. The van der Waals surface area contributed by atoms with E-state index in [0.717, 1.165) is 43.2 Å². The van der Waals surface area contributed by atoms with Gasteiger partial charge in [-0.1, -0.05) is 6.07 Å². The minimum absolute atomic E-state index is 0.0789. The molecule has 2 heterocycles. The summed E-state index contributed by atoms with van der Waals surface area (Å²) in [6.45, 7) is 3.96. The average Bonchev–Trinajstić information content (AvgIpc) is 2.93. The van der Waals surface area contributed by atoms with Crippen LogP contribution in [0.4, 0.5) is 0 Å². The number of benzene rings is 1. The van der Waals surface area contributed by atoms with Crippen molar-refractivity contribution in [3.05, 3.63) is 29.8 Å². The van der Waals surface area contributed by atoms with Crippen LogP contribution < -0.4 is 14.4 Å². The lowest BCUT2D eigenvalue weighted by atomic mass is 10.2. The predicted octanol–water partition coefficient (Wildman–Crippen LogP) is -0.215. The number of nitrogens with zero attached hydrogens (tertiary/aromatic N) is 1. The lowest BCUT2D eigenvalue weighted by Crippen LogP contribution is -3.12. The first-order chi connectivity index (χ1) is 9.72. The molecule has 0 bridgehead atoms. The van der Waals surface area contributed by atoms with E-state index in [0.29, 0.717) is 0 Å². The summed E-state index contributed by atoms with van der Waals surface area (Å²) < 4.78 is 10.6. The molecule has 2 aliphatic heterocycles. The standard InChI is InChI=1S/C15H18N2O3/c1-16-6-8-17(9-7-16)15(18)5-3-12-2-4-13-14(10-12)20-11-19-13/h2-5,10H,6-9,11H2,1H3/p+1. The van der Waals surface area contributed by atoms with Crippen molar-refractivity contribution < 1.29 is 19.2 Å². The Morgan fingerprint density at radius 1 is 1.25 bits per heavy atom. The number of rotatable bonds is 2. The number of likely N-dealkylation sites (N-methyl/N-ethyl adjacent to an activating group) is 1. The van der Waals surface area contributed by atoms with Crippen LogP contribution in [0.1, 0.15) is 5.56 Å². The number of carbonyl (C=O) groups is 1. The van der Waals surface area contributed by atoms with E-state index in [1.54, 1.807) is 6.08 Å². The molecule has 0 spiro atoms. The summed E-state index contributed by atoms with van der Waals surface area (Å²) in [5.41, 5.74) is 0.947. The second-order valence-electron chi connectivity index (χ2n) is 5.23. The molecule has 0 aromatic heterocycles. The van der Waals surface area contributed by atoms with E-state index < -0.39 is 0 Å². The molecule has 3 rings (SSSR count). The Morgan fingerprint density at radius 2 is 2.00 bits per heavy atom. The van der Waals surface area contributed by atoms with Gasteiger partial charge in [0.1, 0.15) is 0 Å². The molecule has 0 atom stereocenters. The van der Waals surface area contributed by atoms with Crippen molar-refractivity contribution in [1.29, 1.82) is 0 Å². The minimum Gasteiger partial charge on any atom is -0.454 e. The minimum atomic E-state index is 0.0789. The Morgan fingerprint density at radius 3 is 2.80 bits per heavy atom. The van der Waals surface area contributed by atoms with E-state index in [2.05, 4.69) is 7.05 Å². The van der Waals surface area contributed by atoms with Crippen LogP contribution in [0.25, 0.3) is 6.08 Å². The molecule has 0 unspecified atom stereocenters. The molecule has 1 fully saturated rings. The first-order valence-electron chi connectivity index (χ1n) is 6.90. The van der Waals surface area contributed by atoms with E-state index in [4.69, 9.17) is 9.47 Å². The van der Waals surface area contributed by atoms with Crippen LogP contribution >= 0.6 is 0 Å².